The normalized spacial score (nSPS) is 10.0. The van der Waals surface area contributed by atoms with Gasteiger partial charge in [-0.15, -0.1) is 0 Å². The van der Waals surface area contributed by atoms with E-state index in [4.69, 9.17) is 18.9 Å². The zero-order valence-electron chi connectivity index (χ0n) is 15.9. The lowest BCUT2D eigenvalue weighted by atomic mass is 10.1. The summed E-state index contributed by atoms with van der Waals surface area (Å²) in [6.07, 6.45) is 0.692. The van der Waals surface area contributed by atoms with E-state index in [1.165, 1.54) is 0 Å². The summed E-state index contributed by atoms with van der Waals surface area (Å²) < 4.78 is 21.3. The second kappa shape index (κ2) is 10.8. The fourth-order valence-electron chi connectivity index (χ4n) is 2.48. The lowest BCUT2D eigenvalue weighted by Crippen LogP contribution is -2.38. The van der Waals surface area contributed by atoms with Crippen molar-refractivity contribution in [2.45, 2.75) is 6.42 Å². The highest BCUT2D eigenvalue weighted by molar-refractivity contribution is 5.73. The average molecular weight is 374 g/mol. The van der Waals surface area contributed by atoms with Crippen molar-refractivity contribution in [1.82, 2.24) is 10.6 Å². The monoisotopic (exact) mass is 374 g/mol. The Morgan fingerprint density at radius 2 is 1.48 bits per heavy atom. The molecule has 2 aromatic carbocycles. The zero-order valence-corrected chi connectivity index (χ0v) is 15.9. The minimum atomic E-state index is -0.239. The van der Waals surface area contributed by atoms with Crippen LogP contribution in [0, 0.1) is 0 Å². The van der Waals surface area contributed by atoms with Gasteiger partial charge in [0.2, 0.25) is 0 Å². The Morgan fingerprint density at radius 1 is 0.852 bits per heavy atom. The lowest BCUT2D eigenvalue weighted by molar-refractivity contribution is 0.236. The summed E-state index contributed by atoms with van der Waals surface area (Å²) in [7, 11) is 4.79. The smallest absolute Gasteiger partial charge is 0.314 e. The molecule has 0 bridgehead atoms. The number of methoxy groups -OCH3 is 3. The molecule has 0 aliphatic heterocycles. The summed E-state index contributed by atoms with van der Waals surface area (Å²) in [6.45, 7) is 1.22. The fraction of sp³-hybridized carbons (Fsp3) is 0.350. The molecule has 7 heteroatoms. The van der Waals surface area contributed by atoms with E-state index in [1.54, 1.807) is 39.5 Å². The molecule has 0 saturated carbocycles. The van der Waals surface area contributed by atoms with E-state index in [2.05, 4.69) is 10.6 Å². The van der Waals surface area contributed by atoms with Crippen LogP contribution in [0.15, 0.2) is 42.5 Å². The molecule has 2 rings (SSSR count). The van der Waals surface area contributed by atoms with E-state index in [0.717, 1.165) is 11.3 Å². The van der Waals surface area contributed by atoms with Crippen molar-refractivity contribution in [3.05, 3.63) is 48.0 Å². The molecule has 0 fully saturated rings. The Hall–Kier alpha value is -3.09. The van der Waals surface area contributed by atoms with E-state index in [-0.39, 0.29) is 6.03 Å². The summed E-state index contributed by atoms with van der Waals surface area (Å²) in [5, 5.41) is 5.57. The van der Waals surface area contributed by atoms with E-state index in [9.17, 15) is 4.79 Å². The van der Waals surface area contributed by atoms with Crippen molar-refractivity contribution in [3.63, 3.8) is 0 Å². The molecule has 0 radical (unpaired) electrons. The first-order valence-electron chi connectivity index (χ1n) is 8.65. The largest absolute Gasteiger partial charge is 0.496 e. The maximum absolute atomic E-state index is 11.9. The minimum absolute atomic E-state index is 0.239. The van der Waals surface area contributed by atoms with Crippen LogP contribution in [0.1, 0.15) is 5.56 Å². The maximum Gasteiger partial charge on any atom is 0.314 e. The molecule has 0 aliphatic carbocycles. The van der Waals surface area contributed by atoms with Gasteiger partial charge in [0.1, 0.15) is 29.6 Å². The Labute approximate surface area is 159 Å². The Kier molecular flexibility index (Phi) is 8.09. The van der Waals surface area contributed by atoms with Gasteiger partial charge in [-0.1, -0.05) is 18.2 Å². The maximum atomic E-state index is 11.9. The third-order valence-electron chi connectivity index (χ3n) is 3.85. The molecular weight excluding hydrogens is 348 g/mol. The summed E-state index contributed by atoms with van der Waals surface area (Å²) in [4.78, 5) is 11.9. The van der Waals surface area contributed by atoms with Gasteiger partial charge in [0.25, 0.3) is 0 Å². The molecule has 2 amide bonds. The second-order valence-electron chi connectivity index (χ2n) is 5.64. The number of benzene rings is 2. The first-order chi connectivity index (χ1) is 13.2. The molecule has 27 heavy (non-hydrogen) atoms. The quantitative estimate of drug-likeness (QED) is 0.625. The Bertz CT molecular complexity index is 714. The fourth-order valence-corrected chi connectivity index (χ4v) is 2.48. The molecular formula is C20H26N2O5. The van der Waals surface area contributed by atoms with Gasteiger partial charge >= 0.3 is 6.03 Å². The molecule has 2 aromatic rings. The van der Waals surface area contributed by atoms with Crippen molar-refractivity contribution in [3.8, 4) is 23.0 Å². The number of urea groups is 1. The van der Waals surface area contributed by atoms with Crippen molar-refractivity contribution in [2.75, 3.05) is 41.0 Å². The number of hydrogen-bond acceptors (Lipinski definition) is 5. The number of amides is 2. The molecule has 0 aromatic heterocycles. The van der Waals surface area contributed by atoms with Crippen molar-refractivity contribution < 1.29 is 23.7 Å². The topological polar surface area (TPSA) is 78.0 Å². The van der Waals surface area contributed by atoms with Crippen LogP contribution in [0.5, 0.6) is 23.0 Å². The van der Waals surface area contributed by atoms with E-state index < -0.39 is 0 Å². The molecule has 7 nitrogen and oxygen atoms in total. The summed E-state index contributed by atoms with van der Waals surface area (Å²) >= 11 is 0. The van der Waals surface area contributed by atoms with Gasteiger partial charge in [-0.05, 0) is 18.1 Å². The third kappa shape index (κ3) is 6.62. The number of rotatable bonds is 10. The third-order valence-corrected chi connectivity index (χ3v) is 3.85. The van der Waals surface area contributed by atoms with Crippen LogP contribution >= 0.6 is 0 Å². The number of hydrogen-bond donors (Lipinski definition) is 2. The number of carbonyl (C=O) groups is 1. The SMILES string of the molecule is COc1cc(OC)cc(OCCNC(=O)NCCc2ccccc2OC)c1. The minimum Gasteiger partial charge on any atom is -0.496 e. The van der Waals surface area contributed by atoms with Crippen molar-refractivity contribution >= 4 is 6.03 Å². The van der Waals surface area contributed by atoms with Crippen molar-refractivity contribution in [1.29, 1.82) is 0 Å². The van der Waals surface area contributed by atoms with Crippen LogP contribution < -0.4 is 29.6 Å². The van der Waals surface area contributed by atoms with Gasteiger partial charge in [0.15, 0.2) is 0 Å². The van der Waals surface area contributed by atoms with Crippen LogP contribution in [0.25, 0.3) is 0 Å². The number of carbonyl (C=O) groups excluding carboxylic acids is 1. The van der Waals surface area contributed by atoms with Crippen LogP contribution in [0.2, 0.25) is 0 Å². The molecule has 0 atom stereocenters. The van der Waals surface area contributed by atoms with Crippen LogP contribution in [-0.2, 0) is 6.42 Å². The lowest BCUT2D eigenvalue weighted by Gasteiger charge is -2.12. The van der Waals surface area contributed by atoms with Gasteiger partial charge < -0.3 is 29.6 Å². The highest BCUT2D eigenvalue weighted by Gasteiger charge is 2.05. The van der Waals surface area contributed by atoms with Gasteiger partial charge in [-0.3, -0.25) is 0 Å². The highest BCUT2D eigenvalue weighted by Crippen LogP contribution is 2.27. The van der Waals surface area contributed by atoms with Gasteiger partial charge in [-0.25, -0.2) is 4.79 Å². The van der Waals surface area contributed by atoms with E-state index in [0.29, 0.717) is 43.4 Å². The number of para-hydroxylation sites is 1. The number of ether oxygens (including phenoxy) is 4. The average Bonchev–Trinajstić information content (AvgIpc) is 2.71. The molecule has 2 N–H and O–H groups in total. The van der Waals surface area contributed by atoms with E-state index in [1.807, 2.05) is 24.3 Å². The summed E-state index contributed by atoms with van der Waals surface area (Å²) in [5.74, 6) is 2.73. The van der Waals surface area contributed by atoms with Gasteiger partial charge in [0.05, 0.1) is 27.9 Å². The van der Waals surface area contributed by atoms with Crippen molar-refractivity contribution in [2.24, 2.45) is 0 Å². The summed E-state index contributed by atoms with van der Waals surface area (Å²) in [5.41, 5.74) is 1.05. The van der Waals surface area contributed by atoms with Crippen LogP contribution in [0.3, 0.4) is 0 Å². The molecule has 0 saturated heterocycles. The molecule has 0 aliphatic rings. The first kappa shape index (κ1) is 20.2. The zero-order chi connectivity index (χ0) is 19.5. The summed E-state index contributed by atoms with van der Waals surface area (Å²) in [6, 6.07) is 12.8. The Balaban J connectivity index is 1.67. The van der Waals surface area contributed by atoms with E-state index >= 15 is 0 Å². The first-order valence-corrected chi connectivity index (χ1v) is 8.65. The second-order valence-corrected chi connectivity index (χ2v) is 5.64. The predicted molar refractivity (Wildman–Crippen MR) is 103 cm³/mol. The van der Waals surface area contributed by atoms with Gasteiger partial charge in [-0.2, -0.15) is 0 Å². The standard InChI is InChI=1S/C20H26N2O5/c1-24-16-12-17(25-2)14-18(13-16)27-11-10-22-20(23)21-9-8-15-6-4-5-7-19(15)26-3/h4-7,12-14H,8-11H2,1-3H3,(H2,21,22,23). The van der Waals surface area contributed by atoms with Gasteiger partial charge in [0, 0.05) is 24.7 Å². The molecule has 0 unspecified atom stereocenters. The van der Waals surface area contributed by atoms with Crippen LogP contribution in [0.4, 0.5) is 4.79 Å². The Morgan fingerprint density at radius 3 is 2.15 bits per heavy atom. The molecule has 146 valence electrons. The molecule has 0 spiro atoms. The highest BCUT2D eigenvalue weighted by atomic mass is 16.5. The predicted octanol–water partition coefficient (Wildman–Crippen LogP) is 2.63. The number of nitrogens with one attached hydrogen (secondary N) is 2. The molecule has 0 heterocycles. The van der Waals surface area contributed by atoms with Crippen LogP contribution in [-0.4, -0.2) is 47.1 Å².